The van der Waals surface area contributed by atoms with Crippen molar-refractivity contribution in [2.24, 2.45) is 0 Å². The Labute approximate surface area is 145 Å². The molecule has 1 heterocycles. The van der Waals surface area contributed by atoms with Gasteiger partial charge in [0, 0.05) is 13.1 Å². The molecule has 0 unspecified atom stereocenters. The normalized spacial score (nSPS) is 15.8. The molecule has 1 saturated heterocycles. The Morgan fingerprint density at radius 3 is 2.08 bits per heavy atom. The van der Waals surface area contributed by atoms with Gasteiger partial charge in [0.1, 0.15) is 0 Å². The van der Waals surface area contributed by atoms with Crippen LogP contribution in [0.4, 0.5) is 0 Å². The van der Waals surface area contributed by atoms with Crippen LogP contribution in [-0.4, -0.2) is 38.9 Å². The van der Waals surface area contributed by atoms with Crippen LogP contribution in [0, 0.1) is 13.8 Å². The highest BCUT2D eigenvalue weighted by Crippen LogP contribution is 2.29. The maximum absolute atomic E-state index is 12.7. The maximum atomic E-state index is 12.7. The minimum Gasteiger partial charge on any atom is -0.342 e. The molecule has 0 aliphatic carbocycles. The van der Waals surface area contributed by atoms with Crippen LogP contribution in [0.5, 0.6) is 0 Å². The molecule has 0 aromatic heterocycles. The summed E-state index contributed by atoms with van der Waals surface area (Å²) in [6.45, 7) is 11.2. The fourth-order valence-corrected chi connectivity index (χ4v) is 4.54. The number of amides is 1. The van der Waals surface area contributed by atoms with Gasteiger partial charge < -0.3 is 4.90 Å². The molecule has 1 fully saturated rings. The van der Waals surface area contributed by atoms with Crippen LogP contribution in [0.1, 0.15) is 50.3 Å². The number of rotatable bonds is 4. The van der Waals surface area contributed by atoms with Crippen molar-refractivity contribution in [1.82, 2.24) is 9.62 Å². The highest BCUT2D eigenvalue weighted by atomic mass is 32.2. The van der Waals surface area contributed by atoms with Gasteiger partial charge in [-0.15, -0.1) is 0 Å². The lowest BCUT2D eigenvalue weighted by molar-refractivity contribution is -0.128. The van der Waals surface area contributed by atoms with Crippen molar-refractivity contribution in [3.05, 3.63) is 28.8 Å². The lowest BCUT2D eigenvalue weighted by Gasteiger charge is -2.22. The summed E-state index contributed by atoms with van der Waals surface area (Å²) in [5.41, 5.74) is 2.48. The van der Waals surface area contributed by atoms with E-state index in [9.17, 15) is 13.2 Å². The Bertz CT molecular complexity index is 704. The minimum atomic E-state index is -3.71. The quantitative estimate of drug-likeness (QED) is 0.905. The van der Waals surface area contributed by atoms with Crippen LogP contribution in [0.2, 0.25) is 0 Å². The maximum Gasteiger partial charge on any atom is 0.241 e. The van der Waals surface area contributed by atoms with E-state index < -0.39 is 10.0 Å². The Morgan fingerprint density at radius 1 is 1.12 bits per heavy atom. The molecule has 1 amide bonds. The van der Waals surface area contributed by atoms with Crippen molar-refractivity contribution in [2.75, 3.05) is 19.6 Å². The number of likely N-dealkylation sites (tertiary alicyclic amines) is 1. The number of hydrogen-bond donors (Lipinski definition) is 1. The summed E-state index contributed by atoms with van der Waals surface area (Å²) >= 11 is 0. The summed E-state index contributed by atoms with van der Waals surface area (Å²) in [5.74, 6) is -0.155. The Balaban J connectivity index is 2.21. The molecule has 0 bridgehead atoms. The lowest BCUT2D eigenvalue weighted by Crippen LogP contribution is -2.39. The number of nitrogens with one attached hydrogen (secondary N) is 1. The molecule has 0 atom stereocenters. The van der Waals surface area contributed by atoms with Gasteiger partial charge >= 0.3 is 0 Å². The second-order valence-electron chi connectivity index (χ2n) is 7.60. The fourth-order valence-electron chi connectivity index (χ4n) is 3.11. The number of carbonyl (C=O) groups excluding carboxylic acids is 1. The topological polar surface area (TPSA) is 66.5 Å². The van der Waals surface area contributed by atoms with Gasteiger partial charge in [0.2, 0.25) is 15.9 Å². The van der Waals surface area contributed by atoms with Gasteiger partial charge in [0.25, 0.3) is 0 Å². The predicted octanol–water partition coefficient (Wildman–Crippen LogP) is 2.50. The first-order valence-corrected chi connectivity index (χ1v) is 9.90. The van der Waals surface area contributed by atoms with Crippen LogP contribution >= 0.6 is 0 Å². The van der Waals surface area contributed by atoms with E-state index in [2.05, 4.69) is 25.5 Å². The van der Waals surface area contributed by atoms with Crippen molar-refractivity contribution in [2.45, 2.75) is 57.8 Å². The van der Waals surface area contributed by atoms with Gasteiger partial charge in [-0.2, -0.15) is 0 Å². The van der Waals surface area contributed by atoms with E-state index in [1.165, 1.54) is 0 Å². The monoisotopic (exact) mass is 352 g/mol. The van der Waals surface area contributed by atoms with E-state index in [1.54, 1.807) is 18.7 Å². The molecular formula is C18H28N2O3S. The molecule has 6 heteroatoms. The lowest BCUT2D eigenvalue weighted by atomic mass is 9.85. The standard InChI is InChI=1S/C18H28N2O3S/c1-13-10-15(18(3,4)5)11-14(2)17(13)24(22,23)19-12-16(21)20-8-6-7-9-20/h10-11,19H,6-9,12H2,1-5H3. The third kappa shape index (κ3) is 4.16. The number of benzene rings is 1. The third-order valence-corrected chi connectivity index (χ3v) is 6.17. The second kappa shape index (κ2) is 6.84. The average molecular weight is 353 g/mol. The van der Waals surface area contributed by atoms with E-state index >= 15 is 0 Å². The molecule has 0 spiro atoms. The van der Waals surface area contributed by atoms with Crippen molar-refractivity contribution < 1.29 is 13.2 Å². The molecule has 1 aliphatic heterocycles. The van der Waals surface area contributed by atoms with Crippen LogP contribution in [0.25, 0.3) is 0 Å². The number of sulfonamides is 1. The predicted molar refractivity (Wildman–Crippen MR) is 95.6 cm³/mol. The molecule has 24 heavy (non-hydrogen) atoms. The molecule has 1 aromatic rings. The summed E-state index contributed by atoms with van der Waals surface area (Å²) in [4.78, 5) is 14.1. The molecule has 1 N–H and O–H groups in total. The molecule has 1 aliphatic rings. The second-order valence-corrected chi connectivity index (χ2v) is 9.31. The summed E-state index contributed by atoms with van der Waals surface area (Å²) in [6.07, 6.45) is 1.98. The number of aryl methyl sites for hydroxylation is 2. The summed E-state index contributed by atoms with van der Waals surface area (Å²) < 4.78 is 27.8. The zero-order valence-corrected chi connectivity index (χ0v) is 16.1. The SMILES string of the molecule is Cc1cc(C(C)(C)C)cc(C)c1S(=O)(=O)NCC(=O)N1CCCC1. The first-order chi connectivity index (χ1) is 11.0. The summed E-state index contributed by atoms with van der Waals surface area (Å²) in [5, 5.41) is 0. The number of carbonyl (C=O) groups is 1. The van der Waals surface area contributed by atoms with Gasteiger partial charge in [-0.05, 0) is 48.8 Å². The minimum absolute atomic E-state index is 0.0447. The van der Waals surface area contributed by atoms with E-state index in [4.69, 9.17) is 0 Å². The molecule has 5 nitrogen and oxygen atoms in total. The molecular weight excluding hydrogens is 324 g/mol. The van der Waals surface area contributed by atoms with Crippen molar-refractivity contribution in [3.8, 4) is 0 Å². The smallest absolute Gasteiger partial charge is 0.241 e. The average Bonchev–Trinajstić information content (AvgIpc) is 2.97. The van der Waals surface area contributed by atoms with Gasteiger partial charge in [-0.25, -0.2) is 13.1 Å². The molecule has 1 aromatic carbocycles. The van der Waals surface area contributed by atoms with E-state index in [0.717, 1.165) is 31.5 Å². The third-order valence-electron chi connectivity index (χ3n) is 4.47. The first-order valence-electron chi connectivity index (χ1n) is 8.41. The largest absolute Gasteiger partial charge is 0.342 e. The van der Waals surface area contributed by atoms with Crippen LogP contribution in [-0.2, 0) is 20.2 Å². The van der Waals surface area contributed by atoms with Gasteiger partial charge in [0.05, 0.1) is 11.4 Å². The van der Waals surface area contributed by atoms with Gasteiger partial charge in [-0.1, -0.05) is 32.9 Å². The number of hydrogen-bond acceptors (Lipinski definition) is 3. The zero-order valence-electron chi connectivity index (χ0n) is 15.3. The molecule has 0 radical (unpaired) electrons. The molecule has 0 saturated carbocycles. The Kier molecular flexibility index (Phi) is 5.40. The van der Waals surface area contributed by atoms with Gasteiger partial charge in [-0.3, -0.25) is 4.79 Å². The van der Waals surface area contributed by atoms with E-state index in [0.29, 0.717) is 11.1 Å². The van der Waals surface area contributed by atoms with Crippen molar-refractivity contribution >= 4 is 15.9 Å². The Morgan fingerprint density at radius 2 is 1.62 bits per heavy atom. The first kappa shape index (κ1) is 18.9. The highest BCUT2D eigenvalue weighted by molar-refractivity contribution is 7.89. The fraction of sp³-hybridized carbons (Fsp3) is 0.611. The van der Waals surface area contributed by atoms with Crippen molar-refractivity contribution in [1.29, 1.82) is 0 Å². The number of nitrogens with zero attached hydrogens (tertiary/aromatic N) is 1. The van der Waals surface area contributed by atoms with Crippen molar-refractivity contribution in [3.63, 3.8) is 0 Å². The van der Waals surface area contributed by atoms with Gasteiger partial charge in [0.15, 0.2) is 0 Å². The van der Waals surface area contributed by atoms with Crippen LogP contribution in [0.15, 0.2) is 17.0 Å². The highest BCUT2D eigenvalue weighted by Gasteiger charge is 2.25. The van der Waals surface area contributed by atoms with Crippen LogP contribution < -0.4 is 4.72 Å². The molecule has 134 valence electrons. The Hall–Kier alpha value is -1.40. The summed E-state index contributed by atoms with van der Waals surface area (Å²) in [6, 6.07) is 3.84. The zero-order chi connectivity index (χ0) is 18.1. The molecule has 2 rings (SSSR count). The van der Waals surface area contributed by atoms with E-state index in [-0.39, 0.29) is 22.8 Å². The van der Waals surface area contributed by atoms with Crippen LogP contribution in [0.3, 0.4) is 0 Å². The summed E-state index contributed by atoms with van der Waals surface area (Å²) in [7, 11) is -3.71. The van der Waals surface area contributed by atoms with E-state index in [1.807, 2.05) is 12.1 Å².